The smallest absolute Gasteiger partial charge is 0.222 e. The Kier molecular flexibility index (Phi) is 8.37. The first-order valence-electron chi connectivity index (χ1n) is 10.4. The molecule has 0 atom stereocenters. The molecule has 1 amide bonds. The molecular weight excluding hydrogens is 330 g/mol. The predicted molar refractivity (Wildman–Crippen MR) is 103 cm³/mol. The molecule has 1 saturated heterocycles. The summed E-state index contributed by atoms with van der Waals surface area (Å²) in [6.45, 7) is 10.2. The largest absolute Gasteiger partial charge is 0.385 e. The molecule has 2 fully saturated rings. The molecule has 0 unspecified atom stereocenters. The maximum absolute atomic E-state index is 12.4. The maximum atomic E-state index is 12.4. The Balaban J connectivity index is 1.57. The number of rotatable bonds is 12. The summed E-state index contributed by atoms with van der Waals surface area (Å²) >= 11 is 0. The van der Waals surface area contributed by atoms with Crippen molar-refractivity contribution in [3.63, 3.8) is 0 Å². The highest BCUT2D eigenvalue weighted by atomic mass is 16.5. The van der Waals surface area contributed by atoms with Crippen LogP contribution >= 0.6 is 0 Å². The van der Waals surface area contributed by atoms with Crippen molar-refractivity contribution in [2.45, 2.75) is 83.8 Å². The van der Waals surface area contributed by atoms with Crippen molar-refractivity contribution in [1.29, 1.82) is 0 Å². The van der Waals surface area contributed by atoms with Gasteiger partial charge in [0.2, 0.25) is 5.91 Å². The van der Waals surface area contributed by atoms with Crippen molar-refractivity contribution >= 4 is 5.91 Å². The van der Waals surface area contributed by atoms with Gasteiger partial charge in [-0.15, -0.1) is 0 Å². The van der Waals surface area contributed by atoms with Crippen LogP contribution < -0.4 is 0 Å². The molecule has 5 heteroatoms. The molecule has 0 radical (unpaired) electrons. The molecule has 2 rings (SSSR count). The van der Waals surface area contributed by atoms with Crippen LogP contribution in [0.15, 0.2) is 0 Å². The van der Waals surface area contributed by atoms with E-state index in [4.69, 9.17) is 14.2 Å². The SMILES string of the molecule is COCCCCCOCC1(CCC(=O)N2CC(OC(C)(C)C)C2)CCC1. The van der Waals surface area contributed by atoms with Crippen LogP contribution in [-0.2, 0) is 19.0 Å². The first kappa shape index (κ1) is 21.6. The van der Waals surface area contributed by atoms with Crippen LogP contribution in [0.1, 0.15) is 72.1 Å². The molecule has 0 aromatic carbocycles. The summed E-state index contributed by atoms with van der Waals surface area (Å²) in [5, 5.41) is 0. The predicted octanol–water partition coefficient (Wildman–Crippen LogP) is 3.80. The summed E-state index contributed by atoms with van der Waals surface area (Å²) in [5.74, 6) is 0.282. The van der Waals surface area contributed by atoms with E-state index in [0.29, 0.717) is 6.42 Å². The minimum absolute atomic E-state index is 0.128. The van der Waals surface area contributed by atoms with Gasteiger partial charge in [-0.25, -0.2) is 0 Å². The number of methoxy groups -OCH3 is 1. The van der Waals surface area contributed by atoms with Gasteiger partial charge in [-0.1, -0.05) is 6.42 Å². The summed E-state index contributed by atoms with van der Waals surface area (Å²) in [6, 6.07) is 0. The maximum Gasteiger partial charge on any atom is 0.222 e. The average Bonchev–Trinajstić information content (AvgIpc) is 2.49. The Labute approximate surface area is 159 Å². The van der Waals surface area contributed by atoms with Gasteiger partial charge < -0.3 is 19.1 Å². The zero-order valence-corrected chi connectivity index (χ0v) is 17.3. The Morgan fingerprint density at radius 3 is 2.38 bits per heavy atom. The fourth-order valence-corrected chi connectivity index (χ4v) is 3.81. The lowest BCUT2D eigenvalue weighted by molar-refractivity contribution is -0.158. The number of ether oxygens (including phenoxy) is 3. The van der Waals surface area contributed by atoms with Gasteiger partial charge in [0.1, 0.15) is 0 Å². The lowest BCUT2D eigenvalue weighted by atomic mass is 9.66. The molecule has 26 heavy (non-hydrogen) atoms. The summed E-state index contributed by atoms with van der Waals surface area (Å²) in [7, 11) is 1.75. The monoisotopic (exact) mass is 369 g/mol. The average molecular weight is 370 g/mol. The standard InChI is InChI=1S/C21H39NO4/c1-20(2,3)26-18-15-22(16-18)19(23)9-12-21(10-8-11-21)17-25-14-7-5-6-13-24-4/h18H,5-17H2,1-4H3. The van der Waals surface area contributed by atoms with Crippen molar-refractivity contribution in [2.75, 3.05) is 40.0 Å². The summed E-state index contributed by atoms with van der Waals surface area (Å²) in [6.07, 6.45) is 8.88. The van der Waals surface area contributed by atoms with Crippen LogP contribution in [0, 0.1) is 5.41 Å². The minimum atomic E-state index is -0.128. The number of nitrogens with zero attached hydrogens (tertiary/aromatic N) is 1. The Morgan fingerprint density at radius 1 is 1.12 bits per heavy atom. The Morgan fingerprint density at radius 2 is 1.81 bits per heavy atom. The van der Waals surface area contributed by atoms with Crippen LogP contribution in [0.4, 0.5) is 0 Å². The molecule has 152 valence electrons. The van der Waals surface area contributed by atoms with Gasteiger partial charge >= 0.3 is 0 Å². The van der Waals surface area contributed by atoms with Crippen LogP contribution in [-0.4, -0.2) is 62.5 Å². The van der Waals surface area contributed by atoms with E-state index in [9.17, 15) is 4.79 Å². The molecule has 1 heterocycles. The number of carbonyl (C=O) groups excluding carboxylic acids is 1. The second-order valence-corrected chi connectivity index (χ2v) is 9.11. The van der Waals surface area contributed by atoms with Crippen molar-refractivity contribution < 1.29 is 19.0 Å². The molecule has 5 nitrogen and oxygen atoms in total. The first-order valence-corrected chi connectivity index (χ1v) is 10.4. The van der Waals surface area contributed by atoms with Gasteiger partial charge in [0, 0.05) is 39.8 Å². The quantitative estimate of drug-likeness (QED) is 0.491. The van der Waals surface area contributed by atoms with Gasteiger partial charge in [-0.3, -0.25) is 4.79 Å². The summed E-state index contributed by atoms with van der Waals surface area (Å²) in [4.78, 5) is 14.4. The fraction of sp³-hybridized carbons (Fsp3) is 0.952. The van der Waals surface area contributed by atoms with E-state index in [2.05, 4.69) is 20.8 Å². The number of likely N-dealkylation sites (tertiary alicyclic amines) is 1. The van der Waals surface area contributed by atoms with Crippen molar-refractivity contribution in [1.82, 2.24) is 4.90 Å². The fourth-order valence-electron chi connectivity index (χ4n) is 3.81. The Hall–Kier alpha value is -0.650. The second kappa shape index (κ2) is 10.0. The van der Waals surface area contributed by atoms with E-state index < -0.39 is 0 Å². The molecular formula is C21H39NO4. The molecule has 0 aromatic rings. The summed E-state index contributed by atoms with van der Waals surface area (Å²) < 4.78 is 16.9. The van der Waals surface area contributed by atoms with E-state index in [1.807, 2.05) is 4.90 Å². The topological polar surface area (TPSA) is 48.0 Å². The highest BCUT2D eigenvalue weighted by molar-refractivity contribution is 5.77. The van der Waals surface area contributed by atoms with Gasteiger partial charge in [-0.05, 0) is 64.7 Å². The number of amides is 1. The van der Waals surface area contributed by atoms with E-state index in [1.165, 1.54) is 19.3 Å². The van der Waals surface area contributed by atoms with Crippen LogP contribution in [0.3, 0.4) is 0 Å². The molecule has 0 bridgehead atoms. The minimum Gasteiger partial charge on any atom is -0.385 e. The summed E-state index contributed by atoms with van der Waals surface area (Å²) in [5.41, 5.74) is 0.130. The molecule has 1 saturated carbocycles. The lowest BCUT2D eigenvalue weighted by Gasteiger charge is -2.44. The highest BCUT2D eigenvalue weighted by Gasteiger charge is 2.39. The van der Waals surface area contributed by atoms with E-state index in [0.717, 1.165) is 58.6 Å². The van der Waals surface area contributed by atoms with Gasteiger partial charge in [0.15, 0.2) is 0 Å². The zero-order valence-electron chi connectivity index (χ0n) is 17.3. The van der Waals surface area contributed by atoms with Crippen molar-refractivity contribution in [3.8, 4) is 0 Å². The van der Waals surface area contributed by atoms with Crippen LogP contribution in [0.25, 0.3) is 0 Å². The van der Waals surface area contributed by atoms with Crippen molar-refractivity contribution in [3.05, 3.63) is 0 Å². The molecule has 1 aliphatic carbocycles. The normalized spacial score (nSPS) is 19.9. The number of carbonyl (C=O) groups is 1. The molecule has 1 aliphatic heterocycles. The highest BCUT2D eigenvalue weighted by Crippen LogP contribution is 2.45. The molecule has 0 N–H and O–H groups in total. The molecule has 0 aromatic heterocycles. The third kappa shape index (κ3) is 7.16. The Bertz CT molecular complexity index is 422. The third-order valence-electron chi connectivity index (χ3n) is 5.55. The zero-order chi connectivity index (χ0) is 19.0. The van der Waals surface area contributed by atoms with E-state index in [-0.39, 0.29) is 23.0 Å². The second-order valence-electron chi connectivity index (χ2n) is 9.11. The molecule has 2 aliphatic rings. The third-order valence-corrected chi connectivity index (χ3v) is 5.55. The number of hydrogen-bond donors (Lipinski definition) is 0. The van der Waals surface area contributed by atoms with Crippen LogP contribution in [0.2, 0.25) is 0 Å². The first-order chi connectivity index (χ1) is 12.3. The number of unbranched alkanes of at least 4 members (excludes halogenated alkanes) is 2. The van der Waals surface area contributed by atoms with Crippen molar-refractivity contribution in [2.24, 2.45) is 5.41 Å². The van der Waals surface area contributed by atoms with Gasteiger partial charge in [0.25, 0.3) is 0 Å². The van der Waals surface area contributed by atoms with E-state index in [1.54, 1.807) is 7.11 Å². The number of hydrogen-bond acceptors (Lipinski definition) is 4. The lowest BCUT2D eigenvalue weighted by Crippen LogP contribution is -2.56. The van der Waals surface area contributed by atoms with Gasteiger partial charge in [-0.2, -0.15) is 0 Å². The van der Waals surface area contributed by atoms with E-state index >= 15 is 0 Å². The van der Waals surface area contributed by atoms with Crippen LogP contribution in [0.5, 0.6) is 0 Å². The molecule has 0 spiro atoms. The van der Waals surface area contributed by atoms with Gasteiger partial charge in [0.05, 0.1) is 18.3 Å².